The number of nitrogens with one attached hydrogen (secondary N) is 2. The summed E-state index contributed by atoms with van der Waals surface area (Å²) < 4.78 is 10.4. The van der Waals surface area contributed by atoms with E-state index in [9.17, 15) is 14.4 Å². The van der Waals surface area contributed by atoms with Crippen molar-refractivity contribution in [2.75, 3.05) is 13.7 Å². The first-order valence-electron chi connectivity index (χ1n) is 11.5. The summed E-state index contributed by atoms with van der Waals surface area (Å²) in [6.07, 6.45) is -0.0367. The van der Waals surface area contributed by atoms with E-state index in [-0.39, 0.29) is 31.3 Å². The summed E-state index contributed by atoms with van der Waals surface area (Å²) in [5.74, 6) is -0.395. The highest BCUT2D eigenvalue weighted by Crippen LogP contribution is 2.24. The molecular formula is C28H30N2O5. The number of benzene rings is 3. The molecule has 0 saturated heterocycles. The molecule has 3 aromatic carbocycles. The van der Waals surface area contributed by atoms with Crippen molar-refractivity contribution in [1.29, 1.82) is 0 Å². The van der Waals surface area contributed by atoms with E-state index in [2.05, 4.69) is 10.6 Å². The Kier molecular flexibility index (Phi) is 9.42. The predicted octanol–water partition coefficient (Wildman–Crippen LogP) is 4.37. The summed E-state index contributed by atoms with van der Waals surface area (Å²) in [6, 6.07) is 24.2. The predicted molar refractivity (Wildman–Crippen MR) is 133 cm³/mol. The van der Waals surface area contributed by atoms with Gasteiger partial charge in [-0.2, -0.15) is 0 Å². The number of carbonyl (C=O) groups excluding carboxylic acids is 3. The maximum atomic E-state index is 13.2. The molecule has 3 aromatic rings. The molecule has 0 heterocycles. The standard InChI is InChI=1S/C28H30N2O5/c1-3-35-27(32)19-25(22-15-10-16-23(17-22)34-2)29-26(31)18-24(20-11-6-4-7-12-20)30-28(33)21-13-8-5-9-14-21/h4-17,24-25H,3,18-19H2,1-2H3,(H,29,31)(H,30,33). The third-order valence-electron chi connectivity index (χ3n) is 5.44. The summed E-state index contributed by atoms with van der Waals surface area (Å²) in [5, 5.41) is 5.90. The van der Waals surface area contributed by atoms with E-state index >= 15 is 0 Å². The Balaban J connectivity index is 1.79. The van der Waals surface area contributed by atoms with Crippen LogP contribution in [-0.4, -0.2) is 31.5 Å². The number of hydrogen-bond acceptors (Lipinski definition) is 5. The maximum absolute atomic E-state index is 13.2. The Morgan fingerprint density at radius 2 is 1.40 bits per heavy atom. The van der Waals surface area contributed by atoms with E-state index in [1.54, 1.807) is 56.5 Å². The third-order valence-corrected chi connectivity index (χ3v) is 5.44. The number of hydrogen-bond donors (Lipinski definition) is 2. The van der Waals surface area contributed by atoms with Crippen molar-refractivity contribution in [1.82, 2.24) is 10.6 Å². The van der Waals surface area contributed by atoms with Crippen molar-refractivity contribution in [3.8, 4) is 5.75 Å². The van der Waals surface area contributed by atoms with Gasteiger partial charge in [-0.25, -0.2) is 0 Å². The van der Waals surface area contributed by atoms with Gasteiger partial charge in [0.15, 0.2) is 0 Å². The van der Waals surface area contributed by atoms with E-state index in [0.29, 0.717) is 11.3 Å². The summed E-state index contributed by atoms with van der Waals surface area (Å²) >= 11 is 0. The minimum Gasteiger partial charge on any atom is -0.497 e. The van der Waals surface area contributed by atoms with Crippen LogP contribution in [0.5, 0.6) is 5.75 Å². The van der Waals surface area contributed by atoms with Gasteiger partial charge < -0.3 is 20.1 Å². The quantitative estimate of drug-likeness (QED) is 0.403. The molecule has 0 aliphatic heterocycles. The van der Waals surface area contributed by atoms with Crippen LogP contribution in [0.25, 0.3) is 0 Å². The average Bonchev–Trinajstić information content (AvgIpc) is 2.89. The Morgan fingerprint density at radius 3 is 2.06 bits per heavy atom. The molecule has 35 heavy (non-hydrogen) atoms. The van der Waals surface area contributed by atoms with Gasteiger partial charge in [0.1, 0.15) is 5.75 Å². The fraction of sp³-hybridized carbons (Fsp3) is 0.250. The van der Waals surface area contributed by atoms with Crippen LogP contribution in [0.4, 0.5) is 0 Å². The van der Waals surface area contributed by atoms with Crippen molar-refractivity contribution in [2.24, 2.45) is 0 Å². The van der Waals surface area contributed by atoms with Gasteiger partial charge in [-0.3, -0.25) is 14.4 Å². The first-order chi connectivity index (χ1) is 17.0. The topological polar surface area (TPSA) is 93.7 Å². The molecular weight excluding hydrogens is 444 g/mol. The Labute approximate surface area is 205 Å². The Bertz CT molecular complexity index is 1120. The molecule has 0 bridgehead atoms. The molecule has 2 N–H and O–H groups in total. The molecule has 2 amide bonds. The molecule has 0 aliphatic rings. The monoisotopic (exact) mass is 474 g/mol. The molecule has 2 atom stereocenters. The van der Waals surface area contributed by atoms with Crippen LogP contribution in [0.15, 0.2) is 84.9 Å². The Hall–Kier alpha value is -4.13. The molecule has 182 valence electrons. The van der Waals surface area contributed by atoms with Gasteiger partial charge >= 0.3 is 5.97 Å². The number of methoxy groups -OCH3 is 1. The van der Waals surface area contributed by atoms with Crippen LogP contribution in [0.2, 0.25) is 0 Å². The lowest BCUT2D eigenvalue weighted by Crippen LogP contribution is -2.36. The lowest BCUT2D eigenvalue weighted by molar-refractivity contribution is -0.143. The van der Waals surface area contributed by atoms with Gasteiger partial charge in [-0.05, 0) is 42.3 Å². The molecule has 7 nitrogen and oxygen atoms in total. The van der Waals surface area contributed by atoms with Gasteiger partial charge in [-0.1, -0.05) is 60.7 Å². The van der Waals surface area contributed by atoms with Crippen LogP contribution in [-0.2, 0) is 14.3 Å². The average molecular weight is 475 g/mol. The smallest absolute Gasteiger partial charge is 0.308 e. The molecule has 2 unspecified atom stereocenters. The van der Waals surface area contributed by atoms with Crippen molar-refractivity contribution in [3.05, 3.63) is 102 Å². The van der Waals surface area contributed by atoms with Crippen LogP contribution < -0.4 is 15.4 Å². The summed E-state index contributed by atoms with van der Waals surface area (Å²) in [5.41, 5.74) is 2.02. The van der Waals surface area contributed by atoms with Crippen molar-refractivity contribution < 1.29 is 23.9 Å². The van der Waals surface area contributed by atoms with Crippen LogP contribution in [0.3, 0.4) is 0 Å². The molecule has 0 radical (unpaired) electrons. The van der Waals surface area contributed by atoms with E-state index in [1.165, 1.54) is 0 Å². The highest BCUT2D eigenvalue weighted by atomic mass is 16.5. The first kappa shape index (κ1) is 25.5. The zero-order valence-corrected chi connectivity index (χ0v) is 19.9. The Morgan fingerprint density at radius 1 is 0.771 bits per heavy atom. The van der Waals surface area contributed by atoms with E-state index in [4.69, 9.17) is 9.47 Å². The lowest BCUT2D eigenvalue weighted by atomic mass is 10.0. The first-order valence-corrected chi connectivity index (χ1v) is 11.5. The minimum absolute atomic E-state index is 0.00805. The third kappa shape index (κ3) is 7.71. The maximum Gasteiger partial charge on any atom is 0.308 e. The molecule has 7 heteroatoms. The lowest BCUT2D eigenvalue weighted by Gasteiger charge is -2.23. The summed E-state index contributed by atoms with van der Waals surface area (Å²) in [4.78, 5) is 38.2. The normalized spacial score (nSPS) is 12.2. The number of ether oxygens (including phenoxy) is 2. The zero-order chi connectivity index (χ0) is 25.0. The highest BCUT2D eigenvalue weighted by Gasteiger charge is 2.24. The van der Waals surface area contributed by atoms with Crippen LogP contribution >= 0.6 is 0 Å². The molecule has 0 spiro atoms. The van der Waals surface area contributed by atoms with Crippen molar-refractivity contribution >= 4 is 17.8 Å². The fourth-order valence-electron chi connectivity index (χ4n) is 3.70. The SMILES string of the molecule is CCOC(=O)CC(NC(=O)CC(NC(=O)c1ccccc1)c1ccccc1)c1cccc(OC)c1. The van der Waals surface area contributed by atoms with Gasteiger partial charge in [0, 0.05) is 5.56 Å². The van der Waals surface area contributed by atoms with E-state index in [1.807, 2.05) is 42.5 Å². The molecule has 0 fully saturated rings. The van der Waals surface area contributed by atoms with Gasteiger partial charge in [0.05, 0.1) is 38.6 Å². The van der Waals surface area contributed by atoms with Crippen LogP contribution in [0.1, 0.15) is 53.3 Å². The summed E-state index contributed by atoms with van der Waals surface area (Å²) in [6.45, 7) is 1.98. The number of amides is 2. The second kappa shape index (κ2) is 12.9. The second-order valence-corrected chi connectivity index (χ2v) is 7.91. The second-order valence-electron chi connectivity index (χ2n) is 7.91. The van der Waals surface area contributed by atoms with Gasteiger partial charge in [0.25, 0.3) is 5.91 Å². The highest BCUT2D eigenvalue weighted by molar-refractivity contribution is 5.94. The number of carbonyl (C=O) groups is 3. The summed E-state index contributed by atoms with van der Waals surface area (Å²) in [7, 11) is 1.55. The molecule has 0 aromatic heterocycles. The van der Waals surface area contributed by atoms with Gasteiger partial charge in [-0.15, -0.1) is 0 Å². The largest absolute Gasteiger partial charge is 0.497 e. The van der Waals surface area contributed by atoms with Crippen molar-refractivity contribution in [2.45, 2.75) is 31.8 Å². The molecule has 0 saturated carbocycles. The van der Waals surface area contributed by atoms with Crippen molar-refractivity contribution in [3.63, 3.8) is 0 Å². The number of esters is 1. The number of rotatable bonds is 11. The molecule has 0 aliphatic carbocycles. The van der Waals surface area contributed by atoms with Gasteiger partial charge in [0.2, 0.25) is 5.91 Å². The fourth-order valence-corrected chi connectivity index (χ4v) is 3.70. The van der Waals surface area contributed by atoms with Crippen LogP contribution in [0, 0.1) is 0 Å². The van der Waals surface area contributed by atoms with E-state index in [0.717, 1.165) is 11.1 Å². The zero-order valence-electron chi connectivity index (χ0n) is 19.9. The minimum atomic E-state index is -0.613. The molecule has 3 rings (SSSR count). The van der Waals surface area contributed by atoms with E-state index < -0.39 is 18.1 Å².